The van der Waals surface area contributed by atoms with Crippen LogP contribution in [0.4, 0.5) is 28.9 Å². The molecule has 478 valence electrons. The molecule has 3 heterocycles. The zero-order valence-electron chi connectivity index (χ0n) is 49.5. The molecule has 14 aromatic rings. The van der Waals surface area contributed by atoms with Gasteiger partial charge in [0.25, 0.3) is 22.7 Å². The SMILES string of the molecule is Fc1ccc(-c2nc3ccc(Cl)cc3[nH]2)cc1.Nc1ccc(Cl)cc1[N+](=O)[O-].O=C(Cl)c1ccccc1.O=C(c1ccccc1)n1c(-c2ccc(F)cc2)nc2cc(Cl)ccc21.O=C(c1ccccc1)n1c(-c2ccc(F)cc2)nc2ccc(Cl)cc21.O=Cc1ccc(F)cc1. The number of hydrogen-bond donors (Lipinski definition) is 2. The molecule has 0 amide bonds. The molecule has 0 spiro atoms. The number of carbonyl (C=O) groups is 4. The van der Waals surface area contributed by atoms with Gasteiger partial charge in [-0.2, -0.15) is 0 Å². The highest BCUT2D eigenvalue weighted by Crippen LogP contribution is 2.31. The third kappa shape index (κ3) is 18.2. The van der Waals surface area contributed by atoms with Crippen LogP contribution in [0.1, 0.15) is 41.4 Å². The average Bonchev–Trinajstić information content (AvgIpc) is 1.62. The van der Waals surface area contributed by atoms with Crippen molar-refractivity contribution in [3.05, 3.63) is 337 Å². The van der Waals surface area contributed by atoms with Crippen LogP contribution in [0.15, 0.2) is 261 Å². The number of aromatic nitrogens is 6. The van der Waals surface area contributed by atoms with Crippen LogP contribution in [0.5, 0.6) is 0 Å². The van der Waals surface area contributed by atoms with Crippen LogP contribution in [0, 0.1) is 33.4 Å². The second-order valence-electron chi connectivity index (χ2n) is 20.2. The van der Waals surface area contributed by atoms with Gasteiger partial charge in [0.2, 0.25) is 0 Å². The Hall–Kier alpha value is -11.1. The Balaban J connectivity index is 0.000000142. The largest absolute Gasteiger partial charge is 0.393 e. The van der Waals surface area contributed by atoms with E-state index in [9.17, 15) is 46.9 Å². The number of halogens is 9. The number of benzene rings is 11. The van der Waals surface area contributed by atoms with E-state index in [4.69, 9.17) is 63.7 Å². The van der Waals surface area contributed by atoms with Gasteiger partial charge in [-0.1, -0.05) is 113 Å². The topological polar surface area (TPSA) is 202 Å². The van der Waals surface area contributed by atoms with Crippen molar-refractivity contribution >= 4 is 126 Å². The molecule has 0 fully saturated rings. The summed E-state index contributed by atoms with van der Waals surface area (Å²) in [7, 11) is 0. The molecule has 0 bridgehead atoms. The van der Waals surface area contributed by atoms with Gasteiger partial charge >= 0.3 is 0 Å². The van der Waals surface area contributed by atoms with Gasteiger partial charge in [-0.15, -0.1) is 0 Å². The number of nitro benzene ring substituents is 1. The summed E-state index contributed by atoms with van der Waals surface area (Å²) in [5.41, 5.74) is 13.7. The number of aldehydes is 1. The molecule has 23 heteroatoms. The summed E-state index contributed by atoms with van der Waals surface area (Å²) in [6.07, 6.45) is 0.680. The third-order valence-electron chi connectivity index (χ3n) is 13.6. The Kier molecular flexibility index (Phi) is 23.5. The lowest BCUT2D eigenvalue weighted by Crippen LogP contribution is -2.13. The Labute approximate surface area is 569 Å². The molecular weight excluding hydrogens is 1340 g/mol. The molecule has 3 aromatic heterocycles. The smallest absolute Gasteiger partial charge is 0.293 e. The van der Waals surface area contributed by atoms with Crippen molar-refractivity contribution in [2.24, 2.45) is 0 Å². The van der Waals surface area contributed by atoms with Crippen molar-refractivity contribution < 1.29 is 41.7 Å². The second-order valence-corrected chi connectivity index (χ2v) is 22.3. The molecule has 0 aliphatic heterocycles. The summed E-state index contributed by atoms with van der Waals surface area (Å²) in [6.45, 7) is 0. The lowest BCUT2D eigenvalue weighted by Gasteiger charge is -2.08. The Morgan fingerprint density at radius 3 is 1.32 bits per heavy atom. The van der Waals surface area contributed by atoms with Crippen molar-refractivity contribution in [1.82, 2.24) is 29.1 Å². The number of rotatable bonds is 8. The van der Waals surface area contributed by atoms with Crippen molar-refractivity contribution in [1.29, 1.82) is 0 Å². The lowest BCUT2D eigenvalue weighted by atomic mass is 10.2. The number of carbonyl (C=O) groups excluding carboxylic acids is 4. The van der Waals surface area contributed by atoms with Crippen LogP contribution < -0.4 is 5.73 Å². The molecule has 0 saturated heterocycles. The highest BCUT2D eigenvalue weighted by molar-refractivity contribution is 6.67. The van der Waals surface area contributed by atoms with Gasteiger partial charge in [-0.05, 0) is 200 Å². The van der Waals surface area contributed by atoms with E-state index in [0.29, 0.717) is 99.3 Å². The Morgan fingerprint density at radius 1 is 0.448 bits per heavy atom. The van der Waals surface area contributed by atoms with E-state index >= 15 is 0 Å². The van der Waals surface area contributed by atoms with Gasteiger partial charge in [-0.3, -0.25) is 38.4 Å². The van der Waals surface area contributed by atoms with Crippen LogP contribution in [-0.4, -0.2) is 57.3 Å². The van der Waals surface area contributed by atoms with Gasteiger partial charge in [-0.25, -0.2) is 32.5 Å². The minimum absolute atomic E-state index is 0.124. The third-order valence-corrected chi connectivity index (χ3v) is 14.8. The van der Waals surface area contributed by atoms with Crippen molar-refractivity contribution in [2.45, 2.75) is 0 Å². The van der Waals surface area contributed by atoms with E-state index in [0.717, 1.165) is 16.6 Å². The van der Waals surface area contributed by atoms with E-state index in [1.807, 2.05) is 30.3 Å². The lowest BCUT2D eigenvalue weighted by molar-refractivity contribution is -0.383. The van der Waals surface area contributed by atoms with Gasteiger partial charge < -0.3 is 10.7 Å². The van der Waals surface area contributed by atoms with Gasteiger partial charge in [0.15, 0.2) is 0 Å². The fourth-order valence-electron chi connectivity index (χ4n) is 9.03. The number of fused-ring (bicyclic) bond motifs is 3. The predicted molar refractivity (Wildman–Crippen MR) is 370 cm³/mol. The highest BCUT2D eigenvalue weighted by atomic mass is 35.5. The fraction of sp³-hybridized carbons (Fsp3) is 0. The number of hydrogen-bond acceptors (Lipinski definition) is 10. The molecule has 0 aliphatic carbocycles. The molecule has 11 aromatic carbocycles. The molecule has 0 saturated carbocycles. The summed E-state index contributed by atoms with van der Waals surface area (Å²) in [5, 5.41) is 11.9. The number of nitrogens with two attached hydrogens (primary N) is 1. The van der Waals surface area contributed by atoms with E-state index in [-0.39, 0.29) is 46.5 Å². The summed E-state index contributed by atoms with van der Waals surface area (Å²) in [5.74, 6) is -0.0740. The average molecular weight is 1390 g/mol. The molecule has 0 radical (unpaired) electrons. The zero-order valence-corrected chi connectivity index (χ0v) is 53.3. The van der Waals surface area contributed by atoms with E-state index in [2.05, 4.69) is 19.9 Å². The first-order valence-electron chi connectivity index (χ1n) is 28.4. The van der Waals surface area contributed by atoms with E-state index in [1.165, 1.54) is 88.0 Å². The molecule has 0 atom stereocenters. The van der Waals surface area contributed by atoms with Crippen LogP contribution in [-0.2, 0) is 0 Å². The van der Waals surface area contributed by atoms with E-state index < -0.39 is 10.2 Å². The Bertz CT molecular complexity index is 5010. The number of aromatic amines is 1. The van der Waals surface area contributed by atoms with Gasteiger partial charge in [0.1, 0.15) is 52.7 Å². The first-order valence-corrected chi connectivity index (χ1v) is 30.3. The first kappa shape index (κ1) is 69.2. The first-order chi connectivity index (χ1) is 46.2. The highest BCUT2D eigenvalue weighted by Gasteiger charge is 2.22. The molecule has 96 heavy (non-hydrogen) atoms. The number of nitro groups is 1. The number of nitrogens with zero attached hydrogens (tertiary/aromatic N) is 6. The second kappa shape index (κ2) is 32.6. The normalized spacial score (nSPS) is 10.4. The fourth-order valence-corrected chi connectivity index (χ4v) is 9.83. The molecule has 3 N–H and O–H groups in total. The number of nitrogens with one attached hydrogen (secondary N) is 1. The zero-order chi connectivity index (χ0) is 68.4. The maximum absolute atomic E-state index is 13.3. The van der Waals surface area contributed by atoms with Crippen LogP contribution in [0.2, 0.25) is 20.1 Å². The molecular formula is C73H47Cl5F4N8O6. The van der Waals surface area contributed by atoms with Gasteiger partial charge in [0, 0.05) is 65.1 Å². The maximum Gasteiger partial charge on any atom is 0.293 e. The van der Waals surface area contributed by atoms with E-state index in [1.54, 1.807) is 152 Å². The number of anilines is 1. The van der Waals surface area contributed by atoms with Gasteiger partial charge in [0.05, 0.1) is 38.0 Å². The minimum atomic E-state index is -0.568. The molecule has 14 nitrogen and oxygen atoms in total. The summed E-state index contributed by atoms with van der Waals surface area (Å²) in [4.78, 5) is 72.9. The van der Waals surface area contributed by atoms with Crippen LogP contribution in [0.3, 0.4) is 0 Å². The number of imidazole rings is 3. The summed E-state index contributed by atoms with van der Waals surface area (Å²) >= 11 is 28.7. The summed E-state index contributed by atoms with van der Waals surface area (Å²) in [6, 6.07) is 70.0. The number of H-pyrrole nitrogens is 1. The van der Waals surface area contributed by atoms with Crippen LogP contribution >= 0.6 is 58.0 Å². The summed E-state index contributed by atoms with van der Waals surface area (Å²) < 4.78 is 54.5. The van der Waals surface area contributed by atoms with Crippen LogP contribution in [0.25, 0.3) is 67.3 Å². The van der Waals surface area contributed by atoms with Crippen molar-refractivity contribution in [3.63, 3.8) is 0 Å². The Morgan fingerprint density at radius 2 is 0.854 bits per heavy atom. The standard InChI is InChI=1S/2C20H12ClFN2O.C13H8ClFN2.C7H5ClO.C7H5FO.C6H5ClN2O2/c21-15-8-11-18-17(12-15)23-19(13-6-9-16(22)10-7-13)24(18)20(25)14-4-2-1-3-5-14;21-15-8-11-17-18(12-15)24(20(25)14-4-2-1-3-5-14)19(23-17)13-6-9-16(22)10-7-13;14-9-3-6-11-12(7-9)17-13(16-11)8-1-4-10(15)5-2-8;8-7(9)6-4-2-1-3-5-6;8-7-3-1-6(5-9)2-4-7;7-4-1-2-5(8)6(3-4)9(10)11/h2*1-12H;1-7H,(H,16,17);2*1-5H;1-3H,8H2. The predicted octanol–water partition coefficient (Wildman–Crippen LogP) is 19.9. The van der Waals surface area contributed by atoms with Crippen molar-refractivity contribution in [2.75, 3.05) is 5.73 Å². The van der Waals surface area contributed by atoms with Crippen molar-refractivity contribution in [3.8, 4) is 34.2 Å². The molecule has 14 rings (SSSR count). The number of nitrogen functional groups attached to an aromatic ring is 1. The molecule has 0 unspecified atom stereocenters. The minimum Gasteiger partial charge on any atom is -0.393 e. The monoisotopic (exact) mass is 1380 g/mol. The quantitative estimate of drug-likeness (QED) is 0.0368. The molecule has 0 aliphatic rings. The maximum atomic E-state index is 13.3.